The van der Waals surface area contributed by atoms with E-state index in [1.807, 2.05) is 35.0 Å². The number of hydrogen-bond donors (Lipinski definition) is 1. The van der Waals surface area contributed by atoms with E-state index in [2.05, 4.69) is 29.0 Å². The van der Waals surface area contributed by atoms with Crippen LogP contribution in [-0.2, 0) is 6.67 Å². The van der Waals surface area contributed by atoms with Crippen molar-refractivity contribution < 1.29 is 0 Å². The molecule has 0 fully saturated rings. The van der Waals surface area contributed by atoms with Crippen LogP contribution in [0.25, 0.3) is 11.4 Å². The zero-order chi connectivity index (χ0) is 13.7. The zero-order valence-corrected chi connectivity index (χ0v) is 12.3. The molecular weight excluding hydrogens is 256 g/mol. The van der Waals surface area contributed by atoms with Gasteiger partial charge in [-0.15, -0.1) is 0 Å². The number of hydrogen-bond acceptors (Lipinski definition) is 3. The molecule has 0 radical (unpaired) electrons. The van der Waals surface area contributed by atoms with E-state index in [9.17, 15) is 0 Å². The standard InChI is InChI=1S/C14H20N4S/c1-3-4-10-17(2)11-18-14(19)15-13(16-18)12-8-6-5-7-9-12/h5-9H,3-4,10-11H2,1-2H3,(H,15,16,19). The van der Waals surface area contributed by atoms with Gasteiger partial charge in [0, 0.05) is 5.56 Å². The predicted octanol–water partition coefficient (Wildman–Crippen LogP) is 3.30. The van der Waals surface area contributed by atoms with Gasteiger partial charge in [0.15, 0.2) is 5.82 Å². The minimum atomic E-state index is 0.599. The Morgan fingerprint density at radius 3 is 2.74 bits per heavy atom. The summed E-state index contributed by atoms with van der Waals surface area (Å²) in [6.45, 7) is 4.01. The Hall–Kier alpha value is -1.46. The van der Waals surface area contributed by atoms with Crippen LogP contribution in [0.3, 0.4) is 0 Å². The molecule has 0 amide bonds. The molecule has 0 saturated carbocycles. The normalized spacial score (nSPS) is 11.1. The number of unbranched alkanes of at least 4 members (excludes halogenated alkanes) is 1. The highest BCUT2D eigenvalue weighted by Crippen LogP contribution is 2.13. The Labute approximate surface area is 119 Å². The number of nitrogens with zero attached hydrogens (tertiary/aromatic N) is 3. The Bertz CT molecular complexity index is 558. The maximum atomic E-state index is 5.30. The Morgan fingerprint density at radius 2 is 2.05 bits per heavy atom. The van der Waals surface area contributed by atoms with Crippen LogP contribution < -0.4 is 0 Å². The SMILES string of the molecule is CCCCN(C)Cn1[nH]c(-c2ccccc2)nc1=S. The second kappa shape index (κ2) is 6.63. The van der Waals surface area contributed by atoms with Crippen LogP contribution in [0.1, 0.15) is 19.8 Å². The van der Waals surface area contributed by atoms with Crippen molar-refractivity contribution in [2.45, 2.75) is 26.4 Å². The molecule has 2 rings (SSSR count). The predicted molar refractivity (Wildman–Crippen MR) is 80.4 cm³/mol. The molecule has 0 aliphatic heterocycles. The summed E-state index contributed by atoms with van der Waals surface area (Å²) < 4.78 is 2.51. The smallest absolute Gasteiger partial charge is 0.217 e. The Morgan fingerprint density at radius 1 is 1.32 bits per heavy atom. The van der Waals surface area contributed by atoms with Gasteiger partial charge >= 0.3 is 0 Å². The lowest BCUT2D eigenvalue weighted by Crippen LogP contribution is -2.23. The first kappa shape index (κ1) is 14.0. The Balaban J connectivity index is 2.11. The fourth-order valence-electron chi connectivity index (χ4n) is 1.92. The number of nitrogens with one attached hydrogen (secondary N) is 1. The summed E-state index contributed by atoms with van der Waals surface area (Å²) >= 11 is 5.30. The first-order valence-corrected chi connectivity index (χ1v) is 7.02. The first-order chi connectivity index (χ1) is 9.20. The van der Waals surface area contributed by atoms with Crippen LogP contribution >= 0.6 is 12.2 Å². The van der Waals surface area contributed by atoms with Crippen LogP contribution in [0.4, 0.5) is 0 Å². The molecule has 5 heteroatoms. The lowest BCUT2D eigenvalue weighted by molar-refractivity contribution is 0.249. The topological polar surface area (TPSA) is 36.9 Å². The molecule has 1 aromatic carbocycles. The first-order valence-electron chi connectivity index (χ1n) is 6.61. The molecular formula is C14H20N4S. The van der Waals surface area contributed by atoms with Crippen LogP contribution in [0.15, 0.2) is 30.3 Å². The summed E-state index contributed by atoms with van der Waals surface area (Å²) in [5, 5.41) is 3.26. The second-order valence-corrected chi connectivity index (χ2v) is 5.09. The molecule has 0 aliphatic rings. The minimum Gasteiger partial charge on any atom is -0.287 e. The van der Waals surface area contributed by atoms with Crippen LogP contribution in [0, 0.1) is 4.77 Å². The average molecular weight is 276 g/mol. The van der Waals surface area contributed by atoms with E-state index in [0.29, 0.717) is 4.77 Å². The van der Waals surface area contributed by atoms with Crippen molar-refractivity contribution in [1.82, 2.24) is 19.7 Å². The van der Waals surface area contributed by atoms with Gasteiger partial charge in [0.2, 0.25) is 4.77 Å². The molecule has 0 bridgehead atoms. The monoisotopic (exact) mass is 276 g/mol. The van der Waals surface area contributed by atoms with E-state index in [4.69, 9.17) is 12.2 Å². The highest BCUT2D eigenvalue weighted by atomic mass is 32.1. The van der Waals surface area contributed by atoms with E-state index in [-0.39, 0.29) is 0 Å². The van der Waals surface area contributed by atoms with Crippen LogP contribution in [-0.4, -0.2) is 33.3 Å². The molecule has 0 unspecified atom stereocenters. The zero-order valence-electron chi connectivity index (χ0n) is 11.5. The van der Waals surface area contributed by atoms with Crippen molar-refractivity contribution in [2.75, 3.05) is 13.6 Å². The third-order valence-electron chi connectivity index (χ3n) is 3.00. The third-order valence-corrected chi connectivity index (χ3v) is 3.31. The summed E-state index contributed by atoms with van der Waals surface area (Å²) in [6.07, 6.45) is 2.40. The minimum absolute atomic E-state index is 0.599. The van der Waals surface area contributed by atoms with E-state index in [0.717, 1.165) is 24.6 Å². The van der Waals surface area contributed by atoms with Gasteiger partial charge in [-0.3, -0.25) is 10.00 Å². The fourth-order valence-corrected chi connectivity index (χ4v) is 2.11. The molecule has 0 spiro atoms. The van der Waals surface area contributed by atoms with E-state index >= 15 is 0 Å². The van der Waals surface area contributed by atoms with Crippen LogP contribution in [0.5, 0.6) is 0 Å². The fraction of sp³-hybridized carbons (Fsp3) is 0.429. The summed E-state index contributed by atoms with van der Waals surface area (Å²) in [4.78, 5) is 6.65. The average Bonchev–Trinajstić information content (AvgIpc) is 2.79. The number of aromatic amines is 1. The van der Waals surface area contributed by atoms with Crippen molar-refractivity contribution >= 4 is 12.2 Å². The highest BCUT2D eigenvalue weighted by Gasteiger charge is 2.06. The Kier molecular flexibility index (Phi) is 4.87. The quantitative estimate of drug-likeness (QED) is 0.823. The number of rotatable bonds is 6. The second-order valence-electron chi connectivity index (χ2n) is 4.72. The van der Waals surface area contributed by atoms with Crippen molar-refractivity contribution in [3.63, 3.8) is 0 Å². The molecule has 0 atom stereocenters. The van der Waals surface area contributed by atoms with E-state index in [1.54, 1.807) is 0 Å². The molecule has 1 N–H and O–H groups in total. The van der Waals surface area contributed by atoms with Gasteiger partial charge in [-0.25, -0.2) is 4.68 Å². The van der Waals surface area contributed by atoms with E-state index in [1.165, 1.54) is 12.8 Å². The molecule has 0 saturated heterocycles. The number of aromatic nitrogens is 3. The summed E-state index contributed by atoms with van der Waals surface area (Å²) in [6, 6.07) is 10.0. The lowest BCUT2D eigenvalue weighted by Gasteiger charge is -2.15. The van der Waals surface area contributed by atoms with Gasteiger partial charge in [0.1, 0.15) is 0 Å². The molecule has 2 aromatic rings. The van der Waals surface area contributed by atoms with Gasteiger partial charge < -0.3 is 0 Å². The van der Waals surface area contributed by atoms with Gasteiger partial charge in [-0.05, 0) is 32.2 Å². The van der Waals surface area contributed by atoms with E-state index < -0.39 is 0 Å². The third kappa shape index (κ3) is 3.75. The van der Waals surface area contributed by atoms with Gasteiger partial charge in [-0.1, -0.05) is 43.7 Å². The molecule has 1 aromatic heterocycles. The van der Waals surface area contributed by atoms with Crippen molar-refractivity contribution in [1.29, 1.82) is 0 Å². The lowest BCUT2D eigenvalue weighted by atomic mass is 10.2. The largest absolute Gasteiger partial charge is 0.287 e. The van der Waals surface area contributed by atoms with Gasteiger partial charge in [0.05, 0.1) is 6.67 Å². The highest BCUT2D eigenvalue weighted by molar-refractivity contribution is 7.71. The molecule has 19 heavy (non-hydrogen) atoms. The van der Waals surface area contributed by atoms with Crippen molar-refractivity contribution in [3.8, 4) is 11.4 Å². The van der Waals surface area contributed by atoms with Gasteiger partial charge in [-0.2, -0.15) is 4.98 Å². The van der Waals surface area contributed by atoms with Gasteiger partial charge in [0.25, 0.3) is 0 Å². The maximum Gasteiger partial charge on any atom is 0.217 e. The molecule has 102 valence electrons. The molecule has 0 aliphatic carbocycles. The number of benzene rings is 1. The molecule has 4 nitrogen and oxygen atoms in total. The van der Waals surface area contributed by atoms with Crippen molar-refractivity contribution in [2.24, 2.45) is 0 Å². The van der Waals surface area contributed by atoms with Crippen molar-refractivity contribution in [3.05, 3.63) is 35.1 Å². The number of H-pyrrole nitrogens is 1. The summed E-state index contributed by atoms with van der Waals surface area (Å²) in [7, 11) is 2.10. The summed E-state index contributed by atoms with van der Waals surface area (Å²) in [5.41, 5.74) is 1.06. The maximum absolute atomic E-state index is 5.30. The summed E-state index contributed by atoms with van der Waals surface area (Å²) in [5.74, 6) is 0.828. The molecule has 1 heterocycles. The van der Waals surface area contributed by atoms with Crippen LogP contribution in [0.2, 0.25) is 0 Å².